The molecule has 0 spiro atoms. The Hall–Kier alpha value is -1.50. The predicted octanol–water partition coefficient (Wildman–Crippen LogP) is 4.72. The Kier molecular flexibility index (Phi) is 3.68. The van der Waals surface area contributed by atoms with E-state index in [-0.39, 0.29) is 0 Å². The van der Waals surface area contributed by atoms with Gasteiger partial charge in [0.25, 0.3) is 0 Å². The van der Waals surface area contributed by atoms with Gasteiger partial charge in [0.05, 0.1) is 11.3 Å². The fraction of sp³-hybridized carbons (Fsp3) is 0. The van der Waals surface area contributed by atoms with Gasteiger partial charge in [-0.2, -0.15) is 5.26 Å². The average Bonchev–Trinajstić information content (AvgIpc) is 2.32. The van der Waals surface area contributed by atoms with E-state index < -0.39 is 0 Å². The Morgan fingerprint density at radius 1 is 1.12 bits per heavy atom. The van der Waals surface area contributed by atoms with Crippen molar-refractivity contribution in [3.63, 3.8) is 0 Å². The van der Waals surface area contributed by atoms with E-state index in [4.69, 9.17) is 16.9 Å². The Labute approximate surface area is 113 Å². The summed E-state index contributed by atoms with van der Waals surface area (Å²) < 4.78 is 1.01. The molecule has 17 heavy (non-hydrogen) atoms. The van der Waals surface area contributed by atoms with Crippen LogP contribution in [0, 0.1) is 11.3 Å². The Morgan fingerprint density at radius 3 is 2.47 bits per heavy atom. The van der Waals surface area contributed by atoms with Crippen LogP contribution in [0.25, 0.3) is 0 Å². The maximum absolute atomic E-state index is 8.99. The molecule has 0 aromatic heterocycles. The Morgan fingerprint density at radius 2 is 1.82 bits per heavy atom. The van der Waals surface area contributed by atoms with Gasteiger partial charge < -0.3 is 5.32 Å². The topological polar surface area (TPSA) is 35.8 Å². The summed E-state index contributed by atoms with van der Waals surface area (Å²) in [5.74, 6) is 0. The van der Waals surface area contributed by atoms with Crippen LogP contribution in [0.4, 0.5) is 11.4 Å². The zero-order valence-corrected chi connectivity index (χ0v) is 11.1. The molecule has 0 aliphatic heterocycles. The summed E-state index contributed by atoms with van der Waals surface area (Å²) in [6, 6.07) is 15.0. The third kappa shape index (κ3) is 3.00. The molecule has 2 rings (SSSR count). The van der Waals surface area contributed by atoms with E-state index in [2.05, 4.69) is 27.3 Å². The van der Waals surface area contributed by atoms with Gasteiger partial charge in [0.2, 0.25) is 0 Å². The van der Waals surface area contributed by atoms with Crippen LogP contribution >= 0.6 is 27.5 Å². The largest absolute Gasteiger partial charge is 0.354 e. The lowest BCUT2D eigenvalue weighted by Gasteiger charge is -2.08. The van der Waals surface area contributed by atoms with Crippen molar-refractivity contribution in [2.45, 2.75) is 0 Å². The van der Waals surface area contributed by atoms with Crippen LogP contribution in [0.15, 0.2) is 46.9 Å². The smallest absolute Gasteiger partial charge is 0.101 e. The minimum atomic E-state index is 0.567. The van der Waals surface area contributed by atoms with Gasteiger partial charge in [0.1, 0.15) is 6.07 Å². The fourth-order valence-corrected chi connectivity index (χ4v) is 1.84. The van der Waals surface area contributed by atoms with Gasteiger partial charge in [-0.1, -0.05) is 27.5 Å². The monoisotopic (exact) mass is 306 g/mol. The molecule has 0 saturated heterocycles. The molecule has 0 heterocycles. The number of nitriles is 1. The van der Waals surface area contributed by atoms with Crippen molar-refractivity contribution in [2.24, 2.45) is 0 Å². The number of nitrogens with one attached hydrogen (secondary N) is 1. The number of rotatable bonds is 2. The zero-order valence-electron chi connectivity index (χ0n) is 8.74. The summed E-state index contributed by atoms with van der Waals surface area (Å²) in [5.41, 5.74) is 2.19. The maximum atomic E-state index is 8.99. The molecule has 0 fully saturated rings. The van der Waals surface area contributed by atoms with Crippen molar-refractivity contribution in [3.05, 3.63) is 57.5 Å². The van der Waals surface area contributed by atoms with Gasteiger partial charge in [-0.15, -0.1) is 0 Å². The molecule has 4 heteroatoms. The van der Waals surface area contributed by atoms with Gasteiger partial charge in [-0.05, 0) is 42.5 Å². The van der Waals surface area contributed by atoms with Crippen molar-refractivity contribution in [3.8, 4) is 6.07 Å². The number of anilines is 2. The summed E-state index contributed by atoms with van der Waals surface area (Å²) in [4.78, 5) is 0. The van der Waals surface area contributed by atoms with E-state index in [0.717, 1.165) is 10.2 Å². The molecule has 2 nitrogen and oxygen atoms in total. The molecule has 0 atom stereocenters. The van der Waals surface area contributed by atoms with Gasteiger partial charge >= 0.3 is 0 Å². The third-order valence-corrected chi connectivity index (χ3v) is 2.99. The molecule has 0 aliphatic carbocycles. The molecule has 0 aliphatic rings. The normalized spacial score (nSPS) is 9.71. The van der Waals surface area contributed by atoms with Crippen LogP contribution in [-0.4, -0.2) is 0 Å². The van der Waals surface area contributed by atoms with Gasteiger partial charge in [-0.3, -0.25) is 0 Å². The van der Waals surface area contributed by atoms with E-state index in [1.54, 1.807) is 18.2 Å². The van der Waals surface area contributed by atoms with Crippen LogP contribution < -0.4 is 5.32 Å². The van der Waals surface area contributed by atoms with Crippen molar-refractivity contribution < 1.29 is 0 Å². The van der Waals surface area contributed by atoms with Gasteiger partial charge in [-0.25, -0.2) is 0 Å². The number of benzene rings is 2. The lowest BCUT2D eigenvalue weighted by atomic mass is 10.2. The summed E-state index contributed by atoms with van der Waals surface area (Å²) >= 11 is 9.28. The summed E-state index contributed by atoms with van der Waals surface area (Å²) in [6.07, 6.45) is 0. The minimum Gasteiger partial charge on any atom is -0.354 e. The molecule has 0 unspecified atom stereocenters. The SMILES string of the molecule is N#Cc1ccc(Cl)cc1Nc1ccc(Br)cc1. The van der Waals surface area contributed by atoms with Crippen molar-refractivity contribution in [2.75, 3.05) is 5.32 Å². The molecule has 0 amide bonds. The molecule has 0 radical (unpaired) electrons. The second kappa shape index (κ2) is 5.22. The number of nitrogens with zero attached hydrogens (tertiary/aromatic N) is 1. The average molecular weight is 308 g/mol. The molecule has 0 saturated carbocycles. The standard InChI is InChI=1S/C13H8BrClN2/c14-10-2-5-12(6-3-10)17-13-7-11(15)4-1-9(13)8-16/h1-7,17H. The van der Waals surface area contributed by atoms with E-state index in [0.29, 0.717) is 16.3 Å². The Bertz CT molecular complexity index is 573. The first-order chi connectivity index (χ1) is 8.19. The first-order valence-corrected chi connectivity index (χ1v) is 6.08. The van der Waals surface area contributed by atoms with E-state index >= 15 is 0 Å². The summed E-state index contributed by atoms with van der Waals surface area (Å²) in [6.45, 7) is 0. The van der Waals surface area contributed by atoms with Gasteiger partial charge in [0, 0.05) is 15.2 Å². The van der Waals surface area contributed by atoms with E-state index in [1.165, 1.54) is 0 Å². The van der Waals surface area contributed by atoms with E-state index in [1.807, 2.05) is 24.3 Å². The summed E-state index contributed by atoms with van der Waals surface area (Å²) in [7, 11) is 0. The molecule has 2 aromatic rings. The van der Waals surface area contributed by atoms with Crippen LogP contribution in [0.1, 0.15) is 5.56 Å². The third-order valence-electron chi connectivity index (χ3n) is 2.23. The van der Waals surface area contributed by atoms with Crippen LogP contribution in [-0.2, 0) is 0 Å². The highest BCUT2D eigenvalue weighted by Gasteiger charge is 2.03. The molecule has 1 N–H and O–H groups in total. The van der Waals surface area contributed by atoms with Crippen molar-refractivity contribution in [1.29, 1.82) is 5.26 Å². The van der Waals surface area contributed by atoms with Crippen LogP contribution in [0.5, 0.6) is 0 Å². The lowest BCUT2D eigenvalue weighted by Crippen LogP contribution is -1.93. The maximum Gasteiger partial charge on any atom is 0.101 e. The second-order valence-corrected chi connectivity index (χ2v) is 4.79. The van der Waals surface area contributed by atoms with Crippen molar-refractivity contribution >= 4 is 38.9 Å². The molecular formula is C13H8BrClN2. The highest BCUT2D eigenvalue weighted by atomic mass is 79.9. The van der Waals surface area contributed by atoms with Crippen molar-refractivity contribution in [1.82, 2.24) is 0 Å². The molecular weight excluding hydrogens is 300 g/mol. The number of hydrogen-bond donors (Lipinski definition) is 1. The molecule has 84 valence electrons. The number of hydrogen-bond acceptors (Lipinski definition) is 2. The lowest BCUT2D eigenvalue weighted by molar-refractivity contribution is 1.46. The highest BCUT2D eigenvalue weighted by molar-refractivity contribution is 9.10. The first-order valence-electron chi connectivity index (χ1n) is 4.91. The molecule has 0 bridgehead atoms. The number of halogens is 2. The highest BCUT2D eigenvalue weighted by Crippen LogP contribution is 2.25. The quantitative estimate of drug-likeness (QED) is 0.871. The minimum absolute atomic E-state index is 0.567. The van der Waals surface area contributed by atoms with Crippen LogP contribution in [0.2, 0.25) is 5.02 Å². The first kappa shape index (κ1) is 12.0. The van der Waals surface area contributed by atoms with E-state index in [9.17, 15) is 0 Å². The second-order valence-electron chi connectivity index (χ2n) is 3.43. The molecule has 2 aromatic carbocycles. The Balaban J connectivity index is 2.32. The summed E-state index contributed by atoms with van der Waals surface area (Å²) in [5, 5.41) is 12.8. The zero-order chi connectivity index (χ0) is 12.3. The predicted molar refractivity (Wildman–Crippen MR) is 73.6 cm³/mol. The van der Waals surface area contributed by atoms with Gasteiger partial charge in [0.15, 0.2) is 0 Å². The fourth-order valence-electron chi connectivity index (χ4n) is 1.41. The van der Waals surface area contributed by atoms with Crippen LogP contribution in [0.3, 0.4) is 0 Å².